The lowest BCUT2D eigenvalue weighted by Gasteiger charge is -2.29. The van der Waals surface area contributed by atoms with E-state index >= 15 is 0 Å². The number of nitrogens with one attached hydrogen (secondary N) is 1. The summed E-state index contributed by atoms with van der Waals surface area (Å²) in [6.07, 6.45) is -6.21. The van der Waals surface area contributed by atoms with Crippen LogP contribution in [0.4, 0.5) is 18.0 Å². The molecule has 1 fully saturated rings. The van der Waals surface area contributed by atoms with Crippen molar-refractivity contribution in [1.82, 2.24) is 10.2 Å². The molecule has 0 aromatic carbocycles. The molecule has 132 valence electrons. The van der Waals surface area contributed by atoms with Crippen LogP contribution in [0.1, 0.15) is 20.3 Å². The molecule has 1 rings (SSSR count). The van der Waals surface area contributed by atoms with E-state index in [4.69, 9.17) is 5.11 Å². The highest BCUT2D eigenvalue weighted by Gasteiger charge is 2.52. The van der Waals surface area contributed by atoms with Crippen LogP contribution >= 0.6 is 0 Å². The number of carboxylic acid groups (broad SMARTS) is 1. The number of methoxy groups -OCH3 is 1. The second-order valence-electron chi connectivity index (χ2n) is 5.68. The van der Waals surface area contributed by atoms with Crippen molar-refractivity contribution in [2.75, 3.05) is 13.7 Å². The number of carbonyl (C=O) groups excluding carboxylic acids is 2. The van der Waals surface area contributed by atoms with Gasteiger partial charge in [0.15, 0.2) is 0 Å². The SMILES string of the molecule is COC(=O)NC(C(=O)N1C[C@@H](C(F)(F)F)C[C@H]1C(=O)O)C(C)C. The third kappa shape index (κ3) is 4.49. The van der Waals surface area contributed by atoms with E-state index < -0.39 is 61.0 Å². The first-order valence-corrected chi connectivity index (χ1v) is 6.93. The zero-order chi connectivity index (χ0) is 17.9. The van der Waals surface area contributed by atoms with Gasteiger partial charge in [0.25, 0.3) is 0 Å². The topological polar surface area (TPSA) is 95.9 Å². The zero-order valence-electron chi connectivity index (χ0n) is 12.9. The zero-order valence-corrected chi connectivity index (χ0v) is 12.9. The number of nitrogens with zero attached hydrogens (tertiary/aromatic N) is 1. The number of hydrogen-bond donors (Lipinski definition) is 2. The second kappa shape index (κ2) is 7.05. The highest BCUT2D eigenvalue weighted by Crippen LogP contribution is 2.37. The van der Waals surface area contributed by atoms with E-state index in [9.17, 15) is 27.6 Å². The number of carbonyl (C=O) groups is 3. The van der Waals surface area contributed by atoms with Crippen LogP contribution in [0.25, 0.3) is 0 Å². The Balaban J connectivity index is 3.01. The maximum Gasteiger partial charge on any atom is 0.407 e. The number of likely N-dealkylation sites (tertiary alicyclic amines) is 1. The molecular formula is C13H19F3N2O5. The molecule has 10 heteroatoms. The van der Waals surface area contributed by atoms with E-state index in [-0.39, 0.29) is 0 Å². The van der Waals surface area contributed by atoms with Crippen LogP contribution in [0.5, 0.6) is 0 Å². The van der Waals surface area contributed by atoms with Gasteiger partial charge in [-0.25, -0.2) is 9.59 Å². The number of rotatable bonds is 4. The van der Waals surface area contributed by atoms with Crippen molar-refractivity contribution in [3.63, 3.8) is 0 Å². The van der Waals surface area contributed by atoms with E-state index in [0.29, 0.717) is 4.90 Å². The summed E-state index contributed by atoms with van der Waals surface area (Å²) in [5.41, 5.74) is 0. The van der Waals surface area contributed by atoms with E-state index in [0.717, 1.165) is 7.11 Å². The molecule has 0 radical (unpaired) electrons. The fourth-order valence-corrected chi connectivity index (χ4v) is 2.43. The number of ether oxygens (including phenoxy) is 1. The third-order valence-electron chi connectivity index (χ3n) is 3.72. The van der Waals surface area contributed by atoms with E-state index in [1.807, 2.05) is 0 Å². The molecule has 0 bridgehead atoms. The fourth-order valence-electron chi connectivity index (χ4n) is 2.43. The normalized spacial score (nSPS) is 22.8. The smallest absolute Gasteiger partial charge is 0.407 e. The van der Waals surface area contributed by atoms with Gasteiger partial charge in [-0.3, -0.25) is 4.79 Å². The Morgan fingerprint density at radius 3 is 2.26 bits per heavy atom. The lowest BCUT2D eigenvalue weighted by atomic mass is 10.0. The first-order valence-electron chi connectivity index (χ1n) is 6.93. The molecule has 0 saturated carbocycles. The van der Waals surface area contributed by atoms with Gasteiger partial charge in [0.1, 0.15) is 12.1 Å². The van der Waals surface area contributed by atoms with E-state index in [2.05, 4.69) is 10.1 Å². The van der Waals surface area contributed by atoms with Crippen LogP contribution in [-0.4, -0.2) is 59.9 Å². The van der Waals surface area contributed by atoms with Gasteiger partial charge in [0.2, 0.25) is 5.91 Å². The number of alkyl halides is 3. The molecule has 1 aliphatic rings. The van der Waals surface area contributed by atoms with Gasteiger partial charge < -0.3 is 20.1 Å². The monoisotopic (exact) mass is 340 g/mol. The van der Waals surface area contributed by atoms with Crippen molar-refractivity contribution >= 4 is 18.0 Å². The maximum absolute atomic E-state index is 12.8. The first kappa shape index (κ1) is 19.0. The van der Waals surface area contributed by atoms with E-state index in [1.54, 1.807) is 13.8 Å². The quantitative estimate of drug-likeness (QED) is 0.802. The molecule has 0 spiro atoms. The fraction of sp³-hybridized carbons (Fsp3) is 0.769. The van der Waals surface area contributed by atoms with Crippen molar-refractivity contribution in [2.24, 2.45) is 11.8 Å². The van der Waals surface area contributed by atoms with Crippen LogP contribution in [-0.2, 0) is 14.3 Å². The highest BCUT2D eigenvalue weighted by molar-refractivity contribution is 5.90. The summed E-state index contributed by atoms with van der Waals surface area (Å²) in [7, 11) is 1.08. The van der Waals surface area contributed by atoms with Crippen molar-refractivity contribution < 1.29 is 37.4 Å². The number of hydrogen-bond acceptors (Lipinski definition) is 4. The minimum absolute atomic E-state index is 0.457. The number of aliphatic carboxylic acids is 1. The van der Waals surface area contributed by atoms with Crippen LogP contribution in [0.3, 0.4) is 0 Å². The minimum atomic E-state index is -4.59. The molecule has 3 atom stereocenters. The van der Waals surface area contributed by atoms with E-state index in [1.165, 1.54) is 0 Å². The molecule has 0 aliphatic carbocycles. The predicted octanol–water partition coefficient (Wildman–Crippen LogP) is 1.23. The number of carboxylic acids is 1. The molecule has 1 aliphatic heterocycles. The van der Waals surface area contributed by atoms with Crippen molar-refractivity contribution in [1.29, 1.82) is 0 Å². The van der Waals surface area contributed by atoms with Gasteiger partial charge in [0, 0.05) is 6.54 Å². The van der Waals surface area contributed by atoms with Crippen LogP contribution in [0, 0.1) is 11.8 Å². The maximum atomic E-state index is 12.8. The average Bonchev–Trinajstić information content (AvgIpc) is 2.88. The third-order valence-corrected chi connectivity index (χ3v) is 3.72. The summed E-state index contributed by atoms with van der Waals surface area (Å²) in [5.74, 6) is -4.74. The Morgan fingerprint density at radius 2 is 1.87 bits per heavy atom. The average molecular weight is 340 g/mol. The number of halogens is 3. The summed E-state index contributed by atoms with van der Waals surface area (Å²) in [6.45, 7) is 2.41. The molecular weight excluding hydrogens is 321 g/mol. The molecule has 2 N–H and O–H groups in total. The van der Waals surface area contributed by atoms with Gasteiger partial charge in [-0.1, -0.05) is 13.8 Å². The van der Waals surface area contributed by atoms with Gasteiger partial charge >= 0.3 is 18.2 Å². The largest absolute Gasteiger partial charge is 0.480 e. The molecule has 1 unspecified atom stereocenters. The molecule has 1 saturated heterocycles. The van der Waals surface area contributed by atoms with Crippen molar-refractivity contribution in [2.45, 2.75) is 38.5 Å². The van der Waals surface area contributed by atoms with Gasteiger partial charge in [0.05, 0.1) is 13.0 Å². The Kier molecular flexibility index (Phi) is 5.84. The number of amides is 2. The molecule has 0 aromatic rings. The summed E-state index contributed by atoms with van der Waals surface area (Å²) < 4.78 is 42.9. The lowest BCUT2D eigenvalue weighted by molar-refractivity contribution is -0.171. The van der Waals surface area contributed by atoms with Gasteiger partial charge in [-0.15, -0.1) is 0 Å². The molecule has 1 heterocycles. The van der Waals surface area contributed by atoms with Gasteiger partial charge in [-0.05, 0) is 12.3 Å². The predicted molar refractivity (Wildman–Crippen MR) is 71.5 cm³/mol. The Morgan fingerprint density at radius 1 is 1.30 bits per heavy atom. The second-order valence-corrected chi connectivity index (χ2v) is 5.68. The Labute approximate surface area is 130 Å². The van der Waals surface area contributed by atoms with Crippen molar-refractivity contribution in [3.8, 4) is 0 Å². The molecule has 2 amide bonds. The highest BCUT2D eigenvalue weighted by atomic mass is 19.4. The first-order chi connectivity index (χ1) is 10.5. The number of alkyl carbamates (subject to hydrolysis) is 1. The summed E-state index contributed by atoms with van der Waals surface area (Å²) in [5, 5.41) is 11.3. The standard InChI is InChI=1S/C13H19F3N2O5/c1-6(2)9(17-12(22)23-3)10(19)18-5-7(13(14,15)16)4-8(18)11(20)21/h6-9H,4-5H2,1-3H3,(H,17,22)(H,20,21)/t7-,8-,9?/m0/s1. The Hall–Kier alpha value is -2.00. The summed E-state index contributed by atoms with van der Waals surface area (Å²) in [4.78, 5) is 35.6. The molecule has 23 heavy (non-hydrogen) atoms. The molecule has 0 aromatic heterocycles. The van der Waals surface area contributed by atoms with Crippen LogP contribution in [0.2, 0.25) is 0 Å². The lowest BCUT2D eigenvalue weighted by Crippen LogP contribution is -2.54. The molecule has 7 nitrogen and oxygen atoms in total. The van der Waals surface area contributed by atoms with Crippen LogP contribution < -0.4 is 5.32 Å². The summed E-state index contributed by atoms with van der Waals surface area (Å²) >= 11 is 0. The van der Waals surface area contributed by atoms with Crippen molar-refractivity contribution in [3.05, 3.63) is 0 Å². The summed E-state index contributed by atoms with van der Waals surface area (Å²) in [6, 6.07) is -2.74. The minimum Gasteiger partial charge on any atom is -0.480 e. The van der Waals surface area contributed by atoms with Gasteiger partial charge in [-0.2, -0.15) is 13.2 Å². The van der Waals surface area contributed by atoms with Crippen LogP contribution in [0.15, 0.2) is 0 Å². The Bertz CT molecular complexity index is 481.